The lowest BCUT2D eigenvalue weighted by Gasteiger charge is -2.23. The van der Waals surface area contributed by atoms with Crippen LogP contribution in [-0.4, -0.2) is 41.3 Å². The van der Waals surface area contributed by atoms with Crippen molar-refractivity contribution >= 4 is 11.9 Å². The summed E-state index contributed by atoms with van der Waals surface area (Å²) in [6, 6.07) is 0. The molecule has 2 heterocycles. The van der Waals surface area contributed by atoms with Crippen LogP contribution in [-0.2, 0) is 9.47 Å². The zero-order valence-corrected chi connectivity index (χ0v) is 11.5. The summed E-state index contributed by atoms with van der Waals surface area (Å²) in [5.74, 6) is 0.125. The van der Waals surface area contributed by atoms with Gasteiger partial charge < -0.3 is 14.8 Å². The number of aromatic nitrogens is 2. The zero-order valence-electron chi connectivity index (χ0n) is 11.5. The normalized spacial score (nSPS) is 22.3. The van der Waals surface area contributed by atoms with Crippen molar-refractivity contribution in [1.29, 1.82) is 0 Å². The summed E-state index contributed by atoms with van der Waals surface area (Å²) in [5, 5.41) is 3.26. The smallest absolute Gasteiger partial charge is 0.341 e. The van der Waals surface area contributed by atoms with Crippen LogP contribution in [0.25, 0.3) is 0 Å². The average molecular weight is 265 g/mol. The SMILES string of the molecule is CCOC(=O)c1cnc(NC2(C)CCOC2)nc1C. The van der Waals surface area contributed by atoms with Crippen molar-refractivity contribution in [3.63, 3.8) is 0 Å². The standard InChI is InChI=1S/C13H19N3O3/c1-4-19-11(17)10-7-14-12(15-9(10)2)16-13(3)5-6-18-8-13/h7H,4-6,8H2,1-3H3,(H,14,15,16). The first-order valence-corrected chi connectivity index (χ1v) is 6.41. The first kappa shape index (κ1) is 13.7. The minimum absolute atomic E-state index is 0.141. The van der Waals surface area contributed by atoms with Crippen LogP contribution >= 0.6 is 0 Å². The summed E-state index contributed by atoms with van der Waals surface area (Å²) in [5.41, 5.74) is 0.872. The highest BCUT2D eigenvalue weighted by molar-refractivity contribution is 5.90. The number of nitrogens with one attached hydrogen (secondary N) is 1. The van der Waals surface area contributed by atoms with Gasteiger partial charge in [0.25, 0.3) is 0 Å². The minimum atomic E-state index is -0.387. The van der Waals surface area contributed by atoms with Gasteiger partial charge in [0.05, 0.1) is 30.0 Å². The molecule has 0 radical (unpaired) electrons. The molecule has 1 fully saturated rings. The summed E-state index contributed by atoms with van der Waals surface area (Å²) in [4.78, 5) is 20.1. The Morgan fingerprint density at radius 3 is 3.00 bits per heavy atom. The second kappa shape index (κ2) is 5.52. The van der Waals surface area contributed by atoms with Crippen molar-refractivity contribution in [1.82, 2.24) is 9.97 Å². The van der Waals surface area contributed by atoms with E-state index in [4.69, 9.17) is 9.47 Å². The number of ether oxygens (including phenoxy) is 2. The lowest BCUT2D eigenvalue weighted by atomic mass is 10.0. The van der Waals surface area contributed by atoms with Gasteiger partial charge in [0.2, 0.25) is 5.95 Å². The molecule has 1 aromatic heterocycles. The van der Waals surface area contributed by atoms with Gasteiger partial charge in [-0.3, -0.25) is 0 Å². The van der Waals surface area contributed by atoms with Crippen LogP contribution in [0, 0.1) is 6.92 Å². The third-order valence-corrected chi connectivity index (χ3v) is 3.11. The van der Waals surface area contributed by atoms with E-state index in [1.165, 1.54) is 6.20 Å². The number of esters is 1. The largest absolute Gasteiger partial charge is 0.462 e. The van der Waals surface area contributed by atoms with Gasteiger partial charge in [-0.1, -0.05) is 0 Å². The van der Waals surface area contributed by atoms with E-state index < -0.39 is 0 Å². The summed E-state index contributed by atoms with van der Waals surface area (Å²) < 4.78 is 10.3. The molecule has 1 saturated heterocycles. The molecule has 104 valence electrons. The number of nitrogens with zero attached hydrogens (tertiary/aromatic N) is 2. The first-order chi connectivity index (χ1) is 9.04. The Morgan fingerprint density at radius 1 is 1.63 bits per heavy atom. The Balaban J connectivity index is 2.12. The van der Waals surface area contributed by atoms with Crippen LogP contribution in [0.3, 0.4) is 0 Å². The quantitative estimate of drug-likeness (QED) is 0.833. The molecule has 6 heteroatoms. The second-order valence-electron chi connectivity index (χ2n) is 4.90. The van der Waals surface area contributed by atoms with Crippen LogP contribution in [0.1, 0.15) is 36.3 Å². The molecule has 1 aromatic rings. The maximum absolute atomic E-state index is 11.6. The summed E-state index contributed by atoms with van der Waals surface area (Å²) >= 11 is 0. The van der Waals surface area contributed by atoms with Crippen molar-refractivity contribution in [3.05, 3.63) is 17.5 Å². The molecule has 19 heavy (non-hydrogen) atoms. The highest BCUT2D eigenvalue weighted by Gasteiger charge is 2.30. The van der Waals surface area contributed by atoms with Crippen molar-refractivity contribution in [2.75, 3.05) is 25.1 Å². The van der Waals surface area contributed by atoms with Crippen molar-refractivity contribution in [3.8, 4) is 0 Å². The topological polar surface area (TPSA) is 73.3 Å². The predicted molar refractivity (Wildman–Crippen MR) is 70.2 cm³/mol. The number of carbonyl (C=O) groups is 1. The molecule has 0 aliphatic carbocycles. The second-order valence-corrected chi connectivity index (χ2v) is 4.90. The fourth-order valence-electron chi connectivity index (χ4n) is 1.97. The molecule has 0 spiro atoms. The van der Waals surface area contributed by atoms with E-state index in [1.807, 2.05) is 0 Å². The molecule has 2 rings (SSSR count). The fourth-order valence-corrected chi connectivity index (χ4v) is 1.97. The van der Waals surface area contributed by atoms with Gasteiger partial charge in [0, 0.05) is 12.8 Å². The van der Waals surface area contributed by atoms with E-state index in [1.54, 1.807) is 13.8 Å². The van der Waals surface area contributed by atoms with E-state index in [-0.39, 0.29) is 11.5 Å². The Morgan fingerprint density at radius 2 is 2.42 bits per heavy atom. The van der Waals surface area contributed by atoms with Crippen LogP contribution < -0.4 is 5.32 Å². The molecule has 6 nitrogen and oxygen atoms in total. The van der Waals surface area contributed by atoms with E-state index in [0.717, 1.165) is 13.0 Å². The van der Waals surface area contributed by atoms with E-state index in [2.05, 4.69) is 22.2 Å². The molecule has 1 aliphatic rings. The summed E-state index contributed by atoms with van der Waals surface area (Å²) in [6.07, 6.45) is 2.41. The lowest BCUT2D eigenvalue weighted by Crippen LogP contribution is -2.35. The number of aryl methyl sites for hydroxylation is 1. The van der Waals surface area contributed by atoms with Crippen molar-refractivity contribution in [2.45, 2.75) is 32.7 Å². The molecular weight excluding hydrogens is 246 g/mol. The van der Waals surface area contributed by atoms with Crippen molar-refractivity contribution < 1.29 is 14.3 Å². The Bertz CT molecular complexity index is 470. The number of hydrogen-bond acceptors (Lipinski definition) is 6. The van der Waals surface area contributed by atoms with Gasteiger partial charge in [0.15, 0.2) is 0 Å². The number of anilines is 1. The number of hydrogen-bond donors (Lipinski definition) is 1. The van der Waals surface area contributed by atoms with Gasteiger partial charge >= 0.3 is 5.97 Å². The molecule has 1 N–H and O–H groups in total. The maximum Gasteiger partial charge on any atom is 0.341 e. The Hall–Kier alpha value is -1.69. The molecule has 1 unspecified atom stereocenters. The fraction of sp³-hybridized carbons (Fsp3) is 0.615. The van der Waals surface area contributed by atoms with Crippen LogP contribution in [0.5, 0.6) is 0 Å². The highest BCUT2D eigenvalue weighted by Crippen LogP contribution is 2.22. The van der Waals surface area contributed by atoms with Crippen LogP contribution in [0.4, 0.5) is 5.95 Å². The monoisotopic (exact) mass is 265 g/mol. The Labute approximate surface area is 112 Å². The van der Waals surface area contributed by atoms with Gasteiger partial charge in [-0.2, -0.15) is 0 Å². The zero-order chi connectivity index (χ0) is 13.9. The van der Waals surface area contributed by atoms with E-state index in [0.29, 0.717) is 30.4 Å². The molecule has 0 amide bonds. The average Bonchev–Trinajstić information content (AvgIpc) is 2.76. The number of carbonyl (C=O) groups excluding carboxylic acids is 1. The molecule has 0 aromatic carbocycles. The third-order valence-electron chi connectivity index (χ3n) is 3.11. The molecular formula is C13H19N3O3. The summed E-state index contributed by atoms with van der Waals surface area (Å²) in [6.45, 7) is 7.32. The third kappa shape index (κ3) is 3.20. The molecule has 1 atom stereocenters. The lowest BCUT2D eigenvalue weighted by molar-refractivity contribution is 0.0524. The van der Waals surface area contributed by atoms with E-state index in [9.17, 15) is 4.79 Å². The van der Waals surface area contributed by atoms with E-state index >= 15 is 0 Å². The maximum atomic E-state index is 11.6. The molecule has 1 aliphatic heterocycles. The van der Waals surface area contributed by atoms with Gasteiger partial charge in [0.1, 0.15) is 0 Å². The highest BCUT2D eigenvalue weighted by atomic mass is 16.5. The summed E-state index contributed by atoms with van der Waals surface area (Å²) in [7, 11) is 0. The van der Waals surface area contributed by atoms with Crippen LogP contribution in [0.2, 0.25) is 0 Å². The number of rotatable bonds is 4. The minimum Gasteiger partial charge on any atom is -0.462 e. The molecule has 0 bridgehead atoms. The van der Waals surface area contributed by atoms with Crippen molar-refractivity contribution in [2.24, 2.45) is 0 Å². The van der Waals surface area contributed by atoms with Gasteiger partial charge in [-0.15, -0.1) is 0 Å². The Kier molecular flexibility index (Phi) is 3.99. The van der Waals surface area contributed by atoms with Gasteiger partial charge in [-0.05, 0) is 27.2 Å². The first-order valence-electron chi connectivity index (χ1n) is 6.41. The molecule has 0 saturated carbocycles. The van der Waals surface area contributed by atoms with Crippen LogP contribution in [0.15, 0.2) is 6.20 Å². The predicted octanol–water partition coefficient (Wildman–Crippen LogP) is 1.55. The van der Waals surface area contributed by atoms with Gasteiger partial charge in [-0.25, -0.2) is 14.8 Å².